The first kappa shape index (κ1) is 13.4. The van der Waals surface area contributed by atoms with Crippen molar-refractivity contribution in [2.45, 2.75) is 12.8 Å². The number of hydrogen-bond acceptors (Lipinski definition) is 4. The minimum absolute atomic E-state index is 0.0904. The molecule has 1 aromatic heterocycles. The molecule has 0 unspecified atom stereocenters. The summed E-state index contributed by atoms with van der Waals surface area (Å²) in [6.45, 7) is 0. The predicted molar refractivity (Wildman–Crippen MR) is 81.9 cm³/mol. The van der Waals surface area contributed by atoms with E-state index in [1.807, 2.05) is 36.4 Å². The molecule has 21 heavy (non-hydrogen) atoms. The van der Waals surface area contributed by atoms with E-state index >= 15 is 0 Å². The molecule has 3 rings (SSSR count). The smallest absolute Gasteiger partial charge is 0.227 e. The number of hydrogen-bond donors (Lipinski definition) is 2. The highest BCUT2D eigenvalue weighted by Gasteiger charge is 2.29. The number of benzene rings is 1. The minimum Gasteiger partial charge on any atom is -0.497 e. The van der Waals surface area contributed by atoms with Gasteiger partial charge in [0.1, 0.15) is 11.6 Å². The molecule has 2 N–H and O–H groups in total. The summed E-state index contributed by atoms with van der Waals surface area (Å²) in [4.78, 5) is 15.9. The summed E-state index contributed by atoms with van der Waals surface area (Å²) in [5.41, 5.74) is 1.66. The quantitative estimate of drug-likeness (QED) is 0.884. The molecular weight excluding hydrogens is 266 g/mol. The Labute approximate surface area is 123 Å². The van der Waals surface area contributed by atoms with Gasteiger partial charge in [0.05, 0.1) is 19.0 Å². The zero-order valence-electron chi connectivity index (χ0n) is 11.8. The molecule has 1 amide bonds. The first-order chi connectivity index (χ1) is 10.2. The number of amides is 1. The molecule has 1 fully saturated rings. The van der Waals surface area contributed by atoms with Crippen LogP contribution in [0.4, 0.5) is 17.2 Å². The van der Waals surface area contributed by atoms with E-state index in [9.17, 15) is 4.79 Å². The summed E-state index contributed by atoms with van der Waals surface area (Å²) in [6.07, 6.45) is 3.65. The monoisotopic (exact) mass is 283 g/mol. The summed E-state index contributed by atoms with van der Waals surface area (Å²) >= 11 is 0. The van der Waals surface area contributed by atoms with Crippen molar-refractivity contribution in [3.63, 3.8) is 0 Å². The highest BCUT2D eigenvalue weighted by Crippen LogP contribution is 2.30. The maximum Gasteiger partial charge on any atom is 0.227 e. The van der Waals surface area contributed by atoms with Gasteiger partial charge in [0.2, 0.25) is 5.91 Å². The van der Waals surface area contributed by atoms with E-state index in [-0.39, 0.29) is 11.8 Å². The van der Waals surface area contributed by atoms with Crippen molar-refractivity contribution in [1.29, 1.82) is 0 Å². The lowest BCUT2D eigenvalue weighted by Crippen LogP contribution is -2.13. The maximum absolute atomic E-state index is 11.6. The SMILES string of the molecule is COc1ccc(Nc2ccc(NC(=O)C3CC3)cn2)cc1. The van der Waals surface area contributed by atoms with E-state index < -0.39 is 0 Å². The first-order valence-electron chi connectivity index (χ1n) is 6.92. The first-order valence-corrected chi connectivity index (χ1v) is 6.92. The molecule has 1 heterocycles. The number of pyridine rings is 1. The van der Waals surface area contributed by atoms with Crippen LogP contribution in [0.15, 0.2) is 42.6 Å². The molecule has 0 bridgehead atoms. The zero-order chi connectivity index (χ0) is 14.7. The van der Waals surface area contributed by atoms with Crippen molar-refractivity contribution in [2.75, 3.05) is 17.7 Å². The molecule has 1 aliphatic carbocycles. The largest absolute Gasteiger partial charge is 0.497 e. The van der Waals surface area contributed by atoms with Gasteiger partial charge in [-0.25, -0.2) is 4.98 Å². The van der Waals surface area contributed by atoms with Crippen LogP contribution in [0, 0.1) is 5.92 Å². The summed E-state index contributed by atoms with van der Waals surface area (Å²) in [5.74, 6) is 1.82. The number of nitrogens with zero attached hydrogens (tertiary/aromatic N) is 1. The molecule has 0 spiro atoms. The van der Waals surface area contributed by atoms with Gasteiger partial charge in [-0.3, -0.25) is 4.79 Å². The van der Waals surface area contributed by atoms with Crippen molar-refractivity contribution >= 4 is 23.1 Å². The molecule has 0 radical (unpaired) electrons. The van der Waals surface area contributed by atoms with E-state index in [2.05, 4.69) is 15.6 Å². The molecule has 5 heteroatoms. The highest BCUT2D eigenvalue weighted by atomic mass is 16.5. The van der Waals surface area contributed by atoms with Crippen LogP contribution in [0.2, 0.25) is 0 Å². The Balaban J connectivity index is 1.61. The minimum atomic E-state index is 0.0904. The van der Waals surface area contributed by atoms with Crippen molar-refractivity contribution in [3.05, 3.63) is 42.6 Å². The molecule has 0 saturated heterocycles. The maximum atomic E-state index is 11.6. The van der Waals surface area contributed by atoms with Gasteiger partial charge in [-0.2, -0.15) is 0 Å². The standard InChI is InChI=1S/C16H17N3O2/c1-21-14-7-4-12(5-8-14)18-15-9-6-13(10-17-15)19-16(20)11-2-3-11/h4-11H,2-3H2,1H3,(H,17,18)(H,19,20). The molecular formula is C16H17N3O2. The summed E-state index contributed by atoms with van der Waals surface area (Å²) in [6, 6.07) is 11.3. The normalized spacial score (nSPS) is 13.6. The number of ether oxygens (including phenoxy) is 1. The molecule has 0 aliphatic heterocycles. The fourth-order valence-electron chi connectivity index (χ4n) is 1.95. The number of methoxy groups -OCH3 is 1. The number of rotatable bonds is 5. The van der Waals surface area contributed by atoms with E-state index in [0.717, 1.165) is 35.8 Å². The van der Waals surface area contributed by atoms with Crippen LogP contribution >= 0.6 is 0 Å². The van der Waals surface area contributed by atoms with Crippen LogP contribution in [0.25, 0.3) is 0 Å². The Kier molecular flexibility index (Phi) is 3.73. The average molecular weight is 283 g/mol. The van der Waals surface area contributed by atoms with Crippen LogP contribution in [-0.4, -0.2) is 18.0 Å². The number of anilines is 3. The molecule has 1 aromatic carbocycles. The Morgan fingerprint density at radius 1 is 1.14 bits per heavy atom. The lowest BCUT2D eigenvalue weighted by atomic mass is 10.3. The van der Waals surface area contributed by atoms with Gasteiger partial charge < -0.3 is 15.4 Å². The van der Waals surface area contributed by atoms with Crippen LogP contribution in [-0.2, 0) is 4.79 Å². The Bertz CT molecular complexity index is 619. The van der Waals surface area contributed by atoms with Gasteiger partial charge in [-0.15, -0.1) is 0 Å². The van der Waals surface area contributed by atoms with Gasteiger partial charge in [-0.05, 0) is 49.2 Å². The van der Waals surface area contributed by atoms with Crippen molar-refractivity contribution in [2.24, 2.45) is 5.92 Å². The lowest BCUT2D eigenvalue weighted by molar-refractivity contribution is -0.117. The second kappa shape index (κ2) is 5.83. The Morgan fingerprint density at radius 2 is 1.86 bits per heavy atom. The van der Waals surface area contributed by atoms with Crippen LogP contribution in [0.3, 0.4) is 0 Å². The Morgan fingerprint density at radius 3 is 2.43 bits per heavy atom. The summed E-state index contributed by atoms with van der Waals surface area (Å²) < 4.78 is 5.11. The summed E-state index contributed by atoms with van der Waals surface area (Å²) in [7, 11) is 1.64. The summed E-state index contributed by atoms with van der Waals surface area (Å²) in [5, 5.41) is 6.06. The van der Waals surface area contributed by atoms with E-state index in [1.165, 1.54) is 0 Å². The molecule has 5 nitrogen and oxygen atoms in total. The van der Waals surface area contributed by atoms with Gasteiger partial charge in [0.25, 0.3) is 0 Å². The number of carbonyl (C=O) groups is 1. The molecule has 1 aliphatic rings. The second-order valence-electron chi connectivity index (χ2n) is 5.05. The van der Waals surface area contributed by atoms with E-state index in [1.54, 1.807) is 13.3 Å². The van der Waals surface area contributed by atoms with Gasteiger partial charge >= 0.3 is 0 Å². The Hall–Kier alpha value is -2.56. The van der Waals surface area contributed by atoms with Gasteiger partial charge in [-0.1, -0.05) is 0 Å². The van der Waals surface area contributed by atoms with Crippen molar-refractivity contribution in [1.82, 2.24) is 4.98 Å². The van der Waals surface area contributed by atoms with Crippen LogP contribution < -0.4 is 15.4 Å². The predicted octanol–water partition coefficient (Wildman–Crippen LogP) is 3.18. The van der Waals surface area contributed by atoms with Crippen molar-refractivity contribution in [3.8, 4) is 5.75 Å². The molecule has 1 saturated carbocycles. The van der Waals surface area contributed by atoms with Crippen LogP contribution in [0.5, 0.6) is 5.75 Å². The van der Waals surface area contributed by atoms with Gasteiger partial charge in [0, 0.05) is 11.6 Å². The van der Waals surface area contributed by atoms with Crippen LogP contribution in [0.1, 0.15) is 12.8 Å². The van der Waals surface area contributed by atoms with Crippen molar-refractivity contribution < 1.29 is 9.53 Å². The second-order valence-corrected chi connectivity index (χ2v) is 5.05. The third-order valence-corrected chi connectivity index (χ3v) is 3.34. The topological polar surface area (TPSA) is 63.2 Å². The highest BCUT2D eigenvalue weighted by molar-refractivity contribution is 5.93. The fourth-order valence-corrected chi connectivity index (χ4v) is 1.95. The third kappa shape index (κ3) is 3.51. The average Bonchev–Trinajstić information content (AvgIpc) is 3.35. The number of aromatic nitrogens is 1. The number of carbonyl (C=O) groups excluding carboxylic acids is 1. The number of nitrogens with one attached hydrogen (secondary N) is 2. The molecule has 0 atom stereocenters. The zero-order valence-corrected chi connectivity index (χ0v) is 11.8. The van der Waals surface area contributed by atoms with E-state index in [0.29, 0.717) is 0 Å². The lowest BCUT2D eigenvalue weighted by Gasteiger charge is -2.08. The van der Waals surface area contributed by atoms with E-state index in [4.69, 9.17) is 4.74 Å². The van der Waals surface area contributed by atoms with Gasteiger partial charge in [0.15, 0.2) is 0 Å². The molecule has 2 aromatic rings. The molecule has 108 valence electrons. The fraction of sp³-hybridized carbons (Fsp3) is 0.250. The third-order valence-electron chi connectivity index (χ3n) is 3.34.